The Balaban J connectivity index is 1.64. The van der Waals surface area contributed by atoms with Gasteiger partial charge in [-0.25, -0.2) is 21.6 Å². The van der Waals surface area contributed by atoms with Crippen molar-refractivity contribution in [1.82, 2.24) is 8.87 Å². The Morgan fingerprint density at radius 3 is 2.63 bits per heavy atom. The summed E-state index contributed by atoms with van der Waals surface area (Å²) in [6, 6.07) is 12.0. The predicted molar refractivity (Wildman–Crippen MR) is 128 cm³/mol. The van der Waals surface area contributed by atoms with Crippen LogP contribution in [-0.2, 0) is 23.0 Å². The van der Waals surface area contributed by atoms with Crippen LogP contribution in [0.1, 0.15) is 35.1 Å². The van der Waals surface area contributed by atoms with Crippen LogP contribution in [0.4, 0.5) is 4.39 Å². The molecule has 0 aliphatic heterocycles. The van der Waals surface area contributed by atoms with Crippen molar-refractivity contribution in [2.24, 2.45) is 0 Å². The van der Waals surface area contributed by atoms with E-state index in [1.165, 1.54) is 18.2 Å². The fraction of sp³-hybridized carbons (Fsp3) is 0.240. The average Bonchev–Trinajstić information content (AvgIpc) is 3.47. The molecule has 2 heterocycles. The number of rotatable bonds is 6. The third-order valence-corrected chi connectivity index (χ3v) is 8.27. The molecule has 2 aromatic carbocycles. The highest BCUT2D eigenvalue weighted by molar-refractivity contribution is 7.90. The van der Waals surface area contributed by atoms with E-state index in [0.717, 1.165) is 15.1 Å². The molecule has 0 saturated heterocycles. The number of fused-ring (bicyclic) bond motifs is 1. The standard InChI is InChI=1S/C25H22ClFN2O5S/c1-15-23(34-25(30)33-15)14-28(2)22-11-10-18-20(22)13-29(24(18)19-8-3-4-9-21(19)27)35(31,32)17-7-5-6-16(26)12-17/h3-9,12-13,22H,10-11,14H2,1-2H3. The number of aryl methyl sites for hydroxylation is 1. The van der Waals surface area contributed by atoms with Crippen LogP contribution in [0.3, 0.4) is 0 Å². The molecule has 0 N–H and O–H groups in total. The van der Waals surface area contributed by atoms with Gasteiger partial charge in [0.05, 0.1) is 17.1 Å². The number of hydrogen-bond donors (Lipinski definition) is 0. The Labute approximate surface area is 206 Å². The van der Waals surface area contributed by atoms with E-state index in [4.69, 9.17) is 20.4 Å². The van der Waals surface area contributed by atoms with E-state index in [2.05, 4.69) is 0 Å². The molecule has 5 rings (SSSR count). The zero-order valence-corrected chi connectivity index (χ0v) is 20.6. The van der Waals surface area contributed by atoms with Crippen LogP contribution < -0.4 is 5.82 Å². The first kappa shape index (κ1) is 23.6. The Morgan fingerprint density at radius 1 is 1.17 bits per heavy atom. The summed E-state index contributed by atoms with van der Waals surface area (Å²) in [6.07, 6.45) is 2.82. The Morgan fingerprint density at radius 2 is 1.94 bits per heavy atom. The van der Waals surface area contributed by atoms with Gasteiger partial charge in [-0.1, -0.05) is 29.8 Å². The van der Waals surface area contributed by atoms with Gasteiger partial charge in [-0.2, -0.15) is 0 Å². The summed E-state index contributed by atoms with van der Waals surface area (Å²) in [7, 11) is -2.22. The lowest BCUT2D eigenvalue weighted by molar-refractivity contribution is 0.214. The molecule has 1 aliphatic carbocycles. The van der Waals surface area contributed by atoms with Crippen LogP contribution >= 0.6 is 11.6 Å². The van der Waals surface area contributed by atoms with Gasteiger partial charge in [-0.3, -0.25) is 4.90 Å². The summed E-state index contributed by atoms with van der Waals surface area (Å²) in [5, 5.41) is 0.285. The highest BCUT2D eigenvalue weighted by Gasteiger charge is 2.35. The van der Waals surface area contributed by atoms with E-state index in [1.54, 1.807) is 43.5 Å². The third kappa shape index (κ3) is 4.13. The van der Waals surface area contributed by atoms with Crippen molar-refractivity contribution in [2.45, 2.75) is 37.2 Å². The molecule has 0 fully saturated rings. The Kier molecular flexibility index (Phi) is 5.94. The van der Waals surface area contributed by atoms with Gasteiger partial charge in [0, 0.05) is 22.8 Å². The second kappa shape index (κ2) is 8.82. The van der Waals surface area contributed by atoms with E-state index in [1.807, 2.05) is 11.9 Å². The SMILES string of the molecule is Cc1oc(=O)oc1CN(C)C1CCc2c1cn(S(=O)(=O)c1cccc(Cl)c1)c2-c1ccccc1F. The van der Waals surface area contributed by atoms with Gasteiger partial charge in [-0.15, -0.1) is 0 Å². The average molecular weight is 517 g/mol. The summed E-state index contributed by atoms with van der Waals surface area (Å²) >= 11 is 6.07. The van der Waals surface area contributed by atoms with Crippen molar-refractivity contribution in [3.8, 4) is 11.3 Å². The van der Waals surface area contributed by atoms with E-state index >= 15 is 0 Å². The molecule has 10 heteroatoms. The molecule has 0 spiro atoms. The zero-order valence-electron chi connectivity index (χ0n) is 19.0. The molecule has 0 radical (unpaired) electrons. The van der Waals surface area contributed by atoms with E-state index in [-0.39, 0.29) is 21.5 Å². The van der Waals surface area contributed by atoms with Crippen molar-refractivity contribution in [3.63, 3.8) is 0 Å². The fourth-order valence-electron chi connectivity index (χ4n) is 4.70. The minimum absolute atomic E-state index is 0.0111. The summed E-state index contributed by atoms with van der Waals surface area (Å²) in [5.74, 6) is -0.471. The first-order valence-corrected chi connectivity index (χ1v) is 12.8. The number of aromatic nitrogens is 1. The third-order valence-electron chi connectivity index (χ3n) is 6.38. The smallest absolute Gasteiger partial charge is 0.396 e. The lowest BCUT2D eigenvalue weighted by atomic mass is 10.1. The summed E-state index contributed by atoms with van der Waals surface area (Å²) in [4.78, 5) is 13.4. The highest BCUT2D eigenvalue weighted by atomic mass is 35.5. The molecule has 0 bridgehead atoms. The van der Waals surface area contributed by atoms with Crippen LogP contribution in [0, 0.1) is 12.7 Å². The van der Waals surface area contributed by atoms with E-state index in [9.17, 15) is 17.6 Å². The summed E-state index contributed by atoms with van der Waals surface area (Å²) in [5.41, 5.74) is 2.06. The first-order chi connectivity index (χ1) is 16.7. The van der Waals surface area contributed by atoms with Gasteiger partial charge in [0.2, 0.25) is 0 Å². The van der Waals surface area contributed by atoms with Crippen LogP contribution in [-0.4, -0.2) is 24.3 Å². The normalized spacial score (nSPS) is 15.6. The fourth-order valence-corrected chi connectivity index (χ4v) is 6.41. The van der Waals surface area contributed by atoms with Crippen LogP contribution in [0.25, 0.3) is 11.3 Å². The van der Waals surface area contributed by atoms with Crippen molar-refractivity contribution >= 4 is 21.6 Å². The van der Waals surface area contributed by atoms with Gasteiger partial charge in [0.1, 0.15) is 11.6 Å². The molecule has 0 amide bonds. The van der Waals surface area contributed by atoms with E-state index < -0.39 is 21.7 Å². The van der Waals surface area contributed by atoms with Crippen molar-refractivity contribution in [3.05, 3.63) is 98.8 Å². The molecule has 2 aromatic heterocycles. The predicted octanol–water partition coefficient (Wildman–Crippen LogP) is 5.16. The van der Waals surface area contributed by atoms with E-state index in [0.29, 0.717) is 36.6 Å². The van der Waals surface area contributed by atoms with Crippen molar-refractivity contribution < 1.29 is 21.6 Å². The maximum atomic E-state index is 15.0. The first-order valence-electron chi connectivity index (χ1n) is 11.0. The maximum absolute atomic E-state index is 15.0. The van der Waals surface area contributed by atoms with Crippen molar-refractivity contribution in [2.75, 3.05) is 7.05 Å². The highest BCUT2D eigenvalue weighted by Crippen LogP contribution is 2.44. The summed E-state index contributed by atoms with van der Waals surface area (Å²) in [6.45, 7) is 1.95. The minimum atomic E-state index is -4.07. The van der Waals surface area contributed by atoms with Crippen LogP contribution in [0.5, 0.6) is 0 Å². The van der Waals surface area contributed by atoms with Gasteiger partial charge in [0.15, 0.2) is 5.76 Å². The summed E-state index contributed by atoms with van der Waals surface area (Å²) < 4.78 is 53.7. The maximum Gasteiger partial charge on any atom is 0.519 e. The lowest BCUT2D eigenvalue weighted by Gasteiger charge is -2.23. The molecule has 4 aromatic rings. The van der Waals surface area contributed by atoms with Gasteiger partial charge >= 0.3 is 5.82 Å². The Hall–Kier alpha value is -3.14. The van der Waals surface area contributed by atoms with Crippen LogP contribution in [0.15, 0.2) is 73.3 Å². The van der Waals surface area contributed by atoms with Crippen molar-refractivity contribution in [1.29, 1.82) is 0 Å². The largest absolute Gasteiger partial charge is 0.519 e. The lowest BCUT2D eigenvalue weighted by Crippen LogP contribution is -2.23. The molecule has 35 heavy (non-hydrogen) atoms. The van der Waals surface area contributed by atoms with Gasteiger partial charge in [0.25, 0.3) is 10.0 Å². The molecule has 1 aliphatic rings. The van der Waals surface area contributed by atoms with Gasteiger partial charge in [-0.05, 0) is 68.3 Å². The molecular weight excluding hydrogens is 495 g/mol. The quantitative estimate of drug-likeness (QED) is 0.352. The topological polar surface area (TPSA) is 85.7 Å². The number of halogens is 2. The monoisotopic (exact) mass is 516 g/mol. The zero-order chi connectivity index (χ0) is 24.9. The molecule has 1 atom stereocenters. The second-order valence-corrected chi connectivity index (χ2v) is 10.8. The molecule has 0 saturated carbocycles. The molecular formula is C25H22ClFN2O5S. The minimum Gasteiger partial charge on any atom is -0.396 e. The number of hydrogen-bond acceptors (Lipinski definition) is 6. The number of nitrogens with zero attached hydrogens (tertiary/aromatic N) is 2. The van der Waals surface area contributed by atoms with Crippen LogP contribution in [0.2, 0.25) is 5.02 Å². The molecule has 182 valence electrons. The number of benzene rings is 2. The molecule has 7 nitrogen and oxygen atoms in total. The Bertz CT molecular complexity index is 1590. The second-order valence-electron chi connectivity index (χ2n) is 8.55. The van der Waals surface area contributed by atoms with Gasteiger partial charge < -0.3 is 8.83 Å². The molecule has 1 unspecified atom stereocenters.